The average Bonchev–Trinajstić information content (AvgIpc) is 3.25. The lowest BCUT2D eigenvalue weighted by Crippen LogP contribution is -2.48. The van der Waals surface area contributed by atoms with Crippen LogP contribution in [0.3, 0.4) is 0 Å². The van der Waals surface area contributed by atoms with Crippen LogP contribution >= 0.6 is 0 Å². The first-order valence-electron chi connectivity index (χ1n) is 8.46. The largest absolute Gasteiger partial charge is 0.352 e. The van der Waals surface area contributed by atoms with Crippen molar-refractivity contribution in [3.63, 3.8) is 0 Å². The Morgan fingerprint density at radius 3 is 2.92 bits per heavy atom. The zero-order valence-corrected chi connectivity index (χ0v) is 13.9. The van der Waals surface area contributed by atoms with Crippen molar-refractivity contribution in [2.45, 2.75) is 25.8 Å². The van der Waals surface area contributed by atoms with Crippen LogP contribution in [0.4, 0.5) is 11.5 Å². The van der Waals surface area contributed by atoms with Gasteiger partial charge in [0.2, 0.25) is 5.91 Å². The van der Waals surface area contributed by atoms with Crippen molar-refractivity contribution in [2.75, 3.05) is 29.4 Å². The van der Waals surface area contributed by atoms with Gasteiger partial charge in [0, 0.05) is 44.0 Å². The van der Waals surface area contributed by atoms with Crippen LogP contribution in [0, 0.1) is 6.92 Å². The van der Waals surface area contributed by atoms with Crippen molar-refractivity contribution in [2.24, 2.45) is 0 Å². The maximum absolute atomic E-state index is 11.9. The third kappa shape index (κ3) is 2.26. The quantitative estimate of drug-likeness (QED) is 0.703. The molecule has 5 rings (SSSR count). The van der Waals surface area contributed by atoms with Crippen LogP contribution in [0.15, 0.2) is 24.8 Å². The van der Waals surface area contributed by atoms with Crippen molar-refractivity contribution in [1.82, 2.24) is 29.4 Å². The third-order valence-corrected chi connectivity index (χ3v) is 4.89. The molecule has 0 spiro atoms. The molecule has 0 bridgehead atoms. The summed E-state index contributed by atoms with van der Waals surface area (Å²) in [6.45, 7) is 4.44. The van der Waals surface area contributed by atoms with Crippen LogP contribution < -0.4 is 9.80 Å². The molecule has 0 atom stereocenters. The Labute approximate surface area is 143 Å². The first kappa shape index (κ1) is 14.4. The number of hydrogen-bond donors (Lipinski definition) is 0. The number of carbonyl (C=O) groups is 1. The lowest BCUT2D eigenvalue weighted by molar-refractivity contribution is -0.117. The van der Waals surface area contributed by atoms with Crippen LogP contribution in [0.1, 0.15) is 24.6 Å². The van der Waals surface area contributed by atoms with Crippen LogP contribution in [0.5, 0.6) is 0 Å². The van der Waals surface area contributed by atoms with Crippen molar-refractivity contribution in [3.8, 4) is 0 Å². The van der Waals surface area contributed by atoms with E-state index in [4.69, 9.17) is 0 Å². The van der Waals surface area contributed by atoms with Gasteiger partial charge in [-0.3, -0.25) is 9.48 Å². The van der Waals surface area contributed by atoms with Crippen molar-refractivity contribution in [1.29, 1.82) is 0 Å². The second-order valence-electron chi connectivity index (χ2n) is 6.61. The number of hydrogen-bond acceptors (Lipinski definition) is 6. The maximum atomic E-state index is 11.9. The standard InChI is InChI=1S/C16H18N8O/c1-11-5-14(24-16(20-11)17-10-19-24)21-7-13(8-21)23-9-12(6-18-23)22-4-2-3-15(22)25/h5-6,9-10,13H,2-4,7-8H2,1H3. The Morgan fingerprint density at radius 1 is 1.24 bits per heavy atom. The summed E-state index contributed by atoms with van der Waals surface area (Å²) in [7, 11) is 0. The van der Waals surface area contributed by atoms with Crippen LogP contribution in [0.25, 0.3) is 5.78 Å². The summed E-state index contributed by atoms with van der Waals surface area (Å²) in [4.78, 5) is 24.5. The molecule has 1 amide bonds. The van der Waals surface area contributed by atoms with Gasteiger partial charge >= 0.3 is 0 Å². The number of nitrogens with zero attached hydrogens (tertiary/aromatic N) is 8. The van der Waals surface area contributed by atoms with Gasteiger partial charge in [0.15, 0.2) is 0 Å². The Balaban J connectivity index is 1.34. The van der Waals surface area contributed by atoms with Crippen LogP contribution in [-0.4, -0.2) is 54.9 Å². The molecule has 3 aromatic heterocycles. The lowest BCUT2D eigenvalue weighted by Gasteiger charge is -2.40. The average molecular weight is 338 g/mol. The van der Waals surface area contributed by atoms with Gasteiger partial charge in [-0.2, -0.15) is 19.7 Å². The molecule has 2 aliphatic heterocycles. The molecule has 2 aliphatic rings. The van der Waals surface area contributed by atoms with Gasteiger partial charge in [0.1, 0.15) is 12.1 Å². The predicted octanol–water partition coefficient (Wildman–Crippen LogP) is 0.817. The van der Waals surface area contributed by atoms with E-state index in [2.05, 4.69) is 25.1 Å². The normalized spacial score (nSPS) is 18.4. The highest BCUT2D eigenvalue weighted by Crippen LogP contribution is 2.29. The Bertz CT molecular complexity index is 954. The van der Waals surface area contributed by atoms with E-state index >= 15 is 0 Å². The minimum atomic E-state index is 0.190. The number of anilines is 2. The highest BCUT2D eigenvalue weighted by molar-refractivity contribution is 5.95. The monoisotopic (exact) mass is 338 g/mol. The molecule has 128 valence electrons. The second kappa shape index (κ2) is 5.27. The van der Waals surface area contributed by atoms with E-state index in [1.165, 1.54) is 6.33 Å². The van der Waals surface area contributed by atoms with Gasteiger partial charge in [0.05, 0.1) is 17.9 Å². The van der Waals surface area contributed by atoms with Crippen molar-refractivity contribution in [3.05, 3.63) is 30.5 Å². The Kier molecular flexibility index (Phi) is 3.03. The summed E-state index contributed by atoms with van der Waals surface area (Å²) in [5, 5.41) is 8.72. The van der Waals surface area contributed by atoms with Gasteiger partial charge in [-0.05, 0) is 13.3 Å². The lowest BCUT2D eigenvalue weighted by atomic mass is 10.1. The number of aryl methyl sites for hydroxylation is 1. The molecule has 0 saturated carbocycles. The van der Waals surface area contributed by atoms with Crippen molar-refractivity contribution < 1.29 is 4.79 Å². The molecule has 0 aromatic carbocycles. The maximum Gasteiger partial charge on any atom is 0.254 e. The molecule has 0 radical (unpaired) electrons. The number of amides is 1. The van der Waals surface area contributed by atoms with Crippen LogP contribution in [0.2, 0.25) is 0 Å². The summed E-state index contributed by atoms with van der Waals surface area (Å²) in [5.41, 5.74) is 1.83. The second-order valence-corrected chi connectivity index (χ2v) is 6.61. The van der Waals surface area contributed by atoms with Crippen LogP contribution in [-0.2, 0) is 4.79 Å². The highest BCUT2D eigenvalue weighted by atomic mass is 16.2. The van der Waals surface area contributed by atoms with E-state index in [0.717, 1.165) is 43.3 Å². The molecule has 0 aliphatic carbocycles. The molecular formula is C16H18N8O. The molecule has 5 heterocycles. The molecular weight excluding hydrogens is 320 g/mol. The zero-order valence-electron chi connectivity index (χ0n) is 13.9. The Morgan fingerprint density at radius 2 is 2.12 bits per heavy atom. The summed E-state index contributed by atoms with van der Waals surface area (Å²) in [5.74, 6) is 1.81. The minimum absolute atomic E-state index is 0.190. The number of fused-ring (bicyclic) bond motifs is 1. The fourth-order valence-electron chi connectivity index (χ4n) is 3.53. The molecule has 9 heteroatoms. The van der Waals surface area contributed by atoms with Crippen molar-refractivity contribution >= 4 is 23.2 Å². The fourth-order valence-corrected chi connectivity index (χ4v) is 3.53. The number of carbonyl (C=O) groups excluding carboxylic acids is 1. The first-order valence-corrected chi connectivity index (χ1v) is 8.46. The SMILES string of the molecule is Cc1cc(N2CC(n3cc(N4CCCC4=O)cn3)C2)n2ncnc2n1. The smallest absolute Gasteiger partial charge is 0.254 e. The third-order valence-electron chi connectivity index (χ3n) is 4.89. The highest BCUT2D eigenvalue weighted by Gasteiger charge is 2.32. The molecule has 9 nitrogen and oxygen atoms in total. The zero-order chi connectivity index (χ0) is 17.0. The van der Waals surface area contributed by atoms with E-state index in [1.54, 1.807) is 10.7 Å². The van der Waals surface area contributed by atoms with Gasteiger partial charge in [0.25, 0.3) is 5.78 Å². The summed E-state index contributed by atoms with van der Waals surface area (Å²) < 4.78 is 3.73. The molecule has 3 aromatic rings. The fraction of sp³-hybridized carbons (Fsp3) is 0.438. The molecule has 2 saturated heterocycles. The minimum Gasteiger partial charge on any atom is -0.352 e. The summed E-state index contributed by atoms with van der Waals surface area (Å²) in [6.07, 6.45) is 6.86. The Hall–Kier alpha value is -2.97. The van der Waals surface area contributed by atoms with Gasteiger partial charge < -0.3 is 9.80 Å². The number of aromatic nitrogens is 6. The van der Waals surface area contributed by atoms with E-state index in [0.29, 0.717) is 18.2 Å². The number of rotatable bonds is 3. The summed E-state index contributed by atoms with van der Waals surface area (Å²) in [6, 6.07) is 2.31. The van der Waals surface area contributed by atoms with Gasteiger partial charge in [-0.1, -0.05) is 0 Å². The summed E-state index contributed by atoms with van der Waals surface area (Å²) >= 11 is 0. The molecule has 0 unspecified atom stereocenters. The molecule has 25 heavy (non-hydrogen) atoms. The topological polar surface area (TPSA) is 84.5 Å². The van der Waals surface area contributed by atoms with Gasteiger partial charge in [-0.25, -0.2) is 4.98 Å². The van der Waals surface area contributed by atoms with E-state index < -0.39 is 0 Å². The first-order chi connectivity index (χ1) is 12.2. The molecule has 2 fully saturated rings. The van der Waals surface area contributed by atoms with Gasteiger partial charge in [-0.15, -0.1) is 0 Å². The van der Waals surface area contributed by atoms with E-state index in [1.807, 2.05) is 28.8 Å². The van der Waals surface area contributed by atoms with E-state index in [-0.39, 0.29) is 5.91 Å². The predicted molar refractivity (Wildman–Crippen MR) is 90.6 cm³/mol. The molecule has 0 N–H and O–H groups in total. The van der Waals surface area contributed by atoms with E-state index in [9.17, 15) is 4.79 Å².